The van der Waals surface area contributed by atoms with Crippen LogP contribution in [0.25, 0.3) is 0 Å². The number of carbonyl (C=O) groups excluding carboxylic acids is 2. The van der Waals surface area contributed by atoms with E-state index in [4.69, 9.17) is 0 Å². The summed E-state index contributed by atoms with van der Waals surface area (Å²) in [5.74, 6) is -1.01. The van der Waals surface area contributed by atoms with Crippen LogP contribution in [0.5, 0.6) is 0 Å². The third kappa shape index (κ3) is 4.02. The predicted molar refractivity (Wildman–Crippen MR) is 98.3 cm³/mol. The van der Waals surface area contributed by atoms with Gasteiger partial charge in [-0.2, -0.15) is 0 Å². The lowest BCUT2D eigenvalue weighted by Gasteiger charge is -2.16. The van der Waals surface area contributed by atoms with E-state index in [0.717, 1.165) is 23.1 Å². The molecular weight excluding hydrogens is 300 g/mol. The van der Waals surface area contributed by atoms with E-state index >= 15 is 0 Å². The van der Waals surface area contributed by atoms with Crippen molar-refractivity contribution in [3.8, 4) is 0 Å². The van der Waals surface area contributed by atoms with Crippen LogP contribution in [-0.4, -0.2) is 11.8 Å². The maximum atomic E-state index is 12.3. The molecule has 2 aromatic carbocycles. The highest BCUT2D eigenvalue weighted by atomic mass is 16.2. The van der Waals surface area contributed by atoms with Crippen LogP contribution in [0, 0.1) is 13.8 Å². The number of anilines is 2. The molecule has 24 heavy (non-hydrogen) atoms. The summed E-state index contributed by atoms with van der Waals surface area (Å²) in [6.07, 6.45) is 0.960. The van der Waals surface area contributed by atoms with E-state index in [1.165, 1.54) is 0 Å². The minimum absolute atomic E-state index is 0.308. The van der Waals surface area contributed by atoms with Gasteiger partial charge < -0.3 is 10.6 Å². The van der Waals surface area contributed by atoms with Crippen molar-refractivity contribution in [1.82, 2.24) is 0 Å². The van der Waals surface area contributed by atoms with Crippen molar-refractivity contribution in [2.24, 2.45) is 0 Å². The molecule has 0 radical (unpaired) electrons. The highest BCUT2D eigenvalue weighted by Gasteiger charge is 2.18. The zero-order chi connectivity index (χ0) is 17.7. The molecule has 2 N–H and O–H groups in total. The Hall–Kier alpha value is -2.62. The fourth-order valence-corrected chi connectivity index (χ4v) is 2.62. The van der Waals surface area contributed by atoms with Gasteiger partial charge in [0.2, 0.25) is 0 Å². The first-order chi connectivity index (χ1) is 11.4. The molecule has 0 aliphatic heterocycles. The van der Waals surface area contributed by atoms with Gasteiger partial charge >= 0.3 is 11.8 Å². The van der Waals surface area contributed by atoms with E-state index in [2.05, 4.69) is 24.5 Å². The van der Waals surface area contributed by atoms with E-state index < -0.39 is 11.8 Å². The number of rotatable bonds is 4. The first-order valence-corrected chi connectivity index (χ1v) is 8.21. The van der Waals surface area contributed by atoms with Crippen LogP contribution in [0.15, 0.2) is 42.5 Å². The second-order valence-corrected chi connectivity index (χ2v) is 6.07. The Morgan fingerprint density at radius 1 is 0.917 bits per heavy atom. The maximum Gasteiger partial charge on any atom is 0.314 e. The van der Waals surface area contributed by atoms with Crippen molar-refractivity contribution in [2.75, 3.05) is 10.6 Å². The summed E-state index contributed by atoms with van der Waals surface area (Å²) in [6.45, 7) is 8.00. The average molecular weight is 324 g/mol. The van der Waals surface area contributed by atoms with E-state index in [1.807, 2.05) is 56.3 Å². The number of aryl methyl sites for hydroxylation is 2. The lowest BCUT2D eigenvalue weighted by Crippen LogP contribution is -2.30. The number of para-hydroxylation sites is 2. The summed E-state index contributed by atoms with van der Waals surface area (Å²) in [6, 6.07) is 13.3. The molecule has 2 amide bonds. The number of benzene rings is 2. The van der Waals surface area contributed by atoms with Gasteiger partial charge in [-0.3, -0.25) is 9.59 Å². The summed E-state index contributed by atoms with van der Waals surface area (Å²) in [4.78, 5) is 24.5. The Morgan fingerprint density at radius 3 is 2.12 bits per heavy atom. The quantitative estimate of drug-likeness (QED) is 0.819. The Kier molecular flexibility index (Phi) is 5.74. The normalized spacial score (nSPS) is 11.7. The van der Waals surface area contributed by atoms with Crippen LogP contribution in [0.1, 0.15) is 42.9 Å². The monoisotopic (exact) mass is 324 g/mol. The Labute approximate surface area is 143 Å². The molecule has 0 aliphatic carbocycles. The van der Waals surface area contributed by atoms with Crippen LogP contribution in [0.4, 0.5) is 11.4 Å². The largest absolute Gasteiger partial charge is 0.318 e. The Balaban J connectivity index is 2.14. The van der Waals surface area contributed by atoms with Crippen molar-refractivity contribution in [2.45, 2.75) is 40.0 Å². The van der Waals surface area contributed by atoms with Gasteiger partial charge in [-0.25, -0.2) is 0 Å². The third-order valence-corrected chi connectivity index (χ3v) is 4.28. The molecule has 2 rings (SSSR count). The molecule has 0 aromatic heterocycles. The molecule has 0 bridgehead atoms. The van der Waals surface area contributed by atoms with Crippen molar-refractivity contribution in [3.63, 3.8) is 0 Å². The molecule has 2 aromatic rings. The van der Waals surface area contributed by atoms with Gasteiger partial charge in [-0.05, 0) is 48.9 Å². The van der Waals surface area contributed by atoms with Gasteiger partial charge in [-0.15, -0.1) is 0 Å². The van der Waals surface area contributed by atoms with Crippen LogP contribution < -0.4 is 10.6 Å². The molecule has 126 valence electrons. The van der Waals surface area contributed by atoms with Crippen molar-refractivity contribution in [3.05, 3.63) is 59.2 Å². The zero-order valence-electron chi connectivity index (χ0n) is 14.6. The molecule has 0 aliphatic rings. The maximum absolute atomic E-state index is 12.3. The molecule has 4 heteroatoms. The summed E-state index contributed by atoms with van der Waals surface area (Å²) >= 11 is 0. The fraction of sp³-hybridized carbons (Fsp3) is 0.300. The number of nitrogens with one attached hydrogen (secondary N) is 2. The molecule has 0 saturated carbocycles. The summed E-state index contributed by atoms with van der Waals surface area (Å²) < 4.78 is 0. The second-order valence-electron chi connectivity index (χ2n) is 6.07. The van der Waals surface area contributed by atoms with E-state index in [9.17, 15) is 9.59 Å². The smallest absolute Gasteiger partial charge is 0.314 e. The lowest BCUT2D eigenvalue weighted by molar-refractivity contribution is -0.133. The average Bonchev–Trinajstić information content (AvgIpc) is 2.57. The minimum Gasteiger partial charge on any atom is -0.318 e. The van der Waals surface area contributed by atoms with E-state index in [0.29, 0.717) is 17.3 Å². The number of amides is 2. The summed E-state index contributed by atoms with van der Waals surface area (Å²) in [5, 5.41) is 5.44. The van der Waals surface area contributed by atoms with E-state index in [1.54, 1.807) is 0 Å². The van der Waals surface area contributed by atoms with Gasteiger partial charge in [0.1, 0.15) is 0 Å². The van der Waals surface area contributed by atoms with Crippen molar-refractivity contribution in [1.29, 1.82) is 0 Å². The van der Waals surface area contributed by atoms with Crippen LogP contribution in [-0.2, 0) is 9.59 Å². The number of carbonyl (C=O) groups is 2. The topological polar surface area (TPSA) is 58.2 Å². The number of hydrogen-bond donors (Lipinski definition) is 2. The number of hydrogen-bond acceptors (Lipinski definition) is 2. The summed E-state index contributed by atoms with van der Waals surface area (Å²) in [7, 11) is 0. The van der Waals surface area contributed by atoms with Gasteiger partial charge in [-0.1, -0.05) is 50.2 Å². The van der Waals surface area contributed by atoms with Crippen LogP contribution >= 0.6 is 0 Å². The Bertz CT molecular complexity index is 733. The second kappa shape index (κ2) is 7.77. The molecule has 1 atom stereocenters. The van der Waals surface area contributed by atoms with Gasteiger partial charge in [0.05, 0.1) is 0 Å². The molecule has 4 nitrogen and oxygen atoms in total. The molecule has 0 saturated heterocycles. The van der Waals surface area contributed by atoms with Gasteiger partial charge in [0.15, 0.2) is 0 Å². The highest BCUT2D eigenvalue weighted by molar-refractivity contribution is 6.43. The molecule has 1 unspecified atom stereocenters. The highest BCUT2D eigenvalue weighted by Crippen LogP contribution is 2.26. The van der Waals surface area contributed by atoms with Crippen molar-refractivity contribution < 1.29 is 9.59 Å². The van der Waals surface area contributed by atoms with E-state index in [-0.39, 0.29) is 0 Å². The fourth-order valence-electron chi connectivity index (χ4n) is 2.62. The van der Waals surface area contributed by atoms with Crippen LogP contribution in [0.3, 0.4) is 0 Å². The Morgan fingerprint density at radius 2 is 1.50 bits per heavy atom. The molecule has 0 heterocycles. The van der Waals surface area contributed by atoms with Gasteiger partial charge in [0, 0.05) is 11.4 Å². The zero-order valence-corrected chi connectivity index (χ0v) is 14.6. The lowest BCUT2D eigenvalue weighted by atomic mass is 9.97. The molecule has 0 fully saturated rings. The van der Waals surface area contributed by atoms with Crippen LogP contribution in [0.2, 0.25) is 0 Å². The minimum atomic E-state index is -0.661. The molecular formula is C20H24N2O2. The predicted octanol–water partition coefficient (Wildman–Crippen LogP) is 4.39. The third-order valence-electron chi connectivity index (χ3n) is 4.28. The molecule has 0 spiro atoms. The first-order valence-electron chi connectivity index (χ1n) is 8.21. The first kappa shape index (κ1) is 17.7. The summed E-state index contributed by atoms with van der Waals surface area (Å²) in [5.41, 5.74) is 4.27. The standard InChI is InChI=1S/C20H24N2O2/c1-5-13(2)16-11-6-7-12-17(16)21-19(23)20(24)22-18-14(3)9-8-10-15(18)4/h6-13H,5H2,1-4H3,(H,21,23)(H,22,24). The van der Waals surface area contributed by atoms with Gasteiger partial charge in [0.25, 0.3) is 0 Å². The van der Waals surface area contributed by atoms with Crippen molar-refractivity contribution >= 4 is 23.2 Å². The SMILES string of the molecule is CCC(C)c1ccccc1NC(=O)C(=O)Nc1c(C)cccc1C.